The minimum Gasteiger partial charge on any atom is -0.411 e. The molecule has 3 aromatic rings. The fraction of sp³-hybridized carbons (Fsp3) is 0.111. The van der Waals surface area contributed by atoms with Crippen molar-refractivity contribution in [3.05, 3.63) is 64.2 Å². The molecule has 1 N–H and O–H groups in total. The van der Waals surface area contributed by atoms with Crippen LogP contribution in [0.3, 0.4) is 0 Å². The summed E-state index contributed by atoms with van der Waals surface area (Å²) in [7, 11) is 0. The van der Waals surface area contributed by atoms with Gasteiger partial charge in [0.2, 0.25) is 11.8 Å². The van der Waals surface area contributed by atoms with Gasteiger partial charge in [0.05, 0.1) is 21.4 Å². The van der Waals surface area contributed by atoms with E-state index in [4.69, 9.17) is 9.68 Å². The summed E-state index contributed by atoms with van der Waals surface area (Å²) in [6.45, 7) is 1.66. The zero-order chi connectivity index (χ0) is 20.1. The Morgan fingerprint density at radius 1 is 1.29 bits per heavy atom. The van der Waals surface area contributed by atoms with Crippen molar-refractivity contribution in [3.8, 4) is 17.5 Å². The Morgan fingerprint density at radius 2 is 2.07 bits per heavy atom. The lowest BCUT2D eigenvalue weighted by Gasteiger charge is -2.10. The number of hydrogen-bond donors (Lipinski definition) is 1. The standard InChI is InChI=1S/C18H13N5O4S/c1-11(16(24)20-15-8-3-2-5-13(15)10-19)28-18-22-21-17(27-18)12-6-4-7-14(9-12)23(25)26/h2-9,11H,1H3,(H,20,24)/t11-/m1/s1. The van der Waals surface area contributed by atoms with Crippen molar-refractivity contribution in [1.29, 1.82) is 5.26 Å². The van der Waals surface area contributed by atoms with Crippen LogP contribution in [0.1, 0.15) is 12.5 Å². The van der Waals surface area contributed by atoms with Crippen molar-refractivity contribution < 1.29 is 14.1 Å². The molecule has 0 fully saturated rings. The summed E-state index contributed by atoms with van der Waals surface area (Å²) in [6, 6.07) is 14.5. The van der Waals surface area contributed by atoms with Crippen molar-refractivity contribution in [3.63, 3.8) is 0 Å². The molecule has 1 aromatic heterocycles. The van der Waals surface area contributed by atoms with Crippen molar-refractivity contribution >= 4 is 29.0 Å². The van der Waals surface area contributed by atoms with Crippen LogP contribution in [-0.4, -0.2) is 26.3 Å². The second kappa shape index (κ2) is 8.32. The molecule has 28 heavy (non-hydrogen) atoms. The smallest absolute Gasteiger partial charge is 0.277 e. The SMILES string of the molecule is C[C@@H](Sc1nnc(-c2cccc([N+](=O)[O-])c2)o1)C(=O)Nc1ccccc1C#N. The average molecular weight is 395 g/mol. The lowest BCUT2D eigenvalue weighted by atomic mass is 10.2. The van der Waals surface area contributed by atoms with Crippen molar-refractivity contribution in [2.24, 2.45) is 0 Å². The van der Waals surface area contributed by atoms with Crippen LogP contribution in [0.5, 0.6) is 0 Å². The summed E-state index contributed by atoms with van der Waals surface area (Å²) in [5.74, 6) is -0.212. The van der Waals surface area contributed by atoms with Crippen molar-refractivity contribution in [1.82, 2.24) is 10.2 Å². The molecule has 1 amide bonds. The van der Waals surface area contributed by atoms with Gasteiger partial charge in [-0.15, -0.1) is 10.2 Å². The maximum absolute atomic E-state index is 12.4. The number of benzene rings is 2. The minimum absolute atomic E-state index is 0.0891. The molecule has 0 spiro atoms. The number of nitrogens with one attached hydrogen (secondary N) is 1. The Hall–Kier alpha value is -3.71. The molecule has 140 valence electrons. The summed E-state index contributed by atoms with van der Waals surface area (Å²) < 4.78 is 5.51. The monoisotopic (exact) mass is 395 g/mol. The first-order chi connectivity index (χ1) is 13.5. The summed E-state index contributed by atoms with van der Waals surface area (Å²) in [4.78, 5) is 22.7. The molecule has 1 atom stereocenters. The molecular weight excluding hydrogens is 382 g/mol. The summed E-state index contributed by atoms with van der Waals surface area (Å²) in [6.07, 6.45) is 0. The number of non-ortho nitro benzene ring substituents is 1. The van der Waals surface area contributed by atoms with E-state index in [-0.39, 0.29) is 22.7 Å². The van der Waals surface area contributed by atoms with Gasteiger partial charge in [0.1, 0.15) is 6.07 Å². The molecule has 0 bridgehead atoms. The molecule has 10 heteroatoms. The molecule has 0 aliphatic heterocycles. The van der Waals surface area contributed by atoms with Gasteiger partial charge in [0.25, 0.3) is 10.9 Å². The van der Waals surface area contributed by atoms with Gasteiger partial charge in [-0.1, -0.05) is 30.0 Å². The highest BCUT2D eigenvalue weighted by molar-refractivity contribution is 8.00. The number of nitro benzene ring substituents is 1. The van der Waals surface area contributed by atoms with Gasteiger partial charge in [-0.3, -0.25) is 14.9 Å². The van der Waals surface area contributed by atoms with Crippen LogP contribution in [0.2, 0.25) is 0 Å². The predicted molar refractivity (Wildman–Crippen MR) is 101 cm³/mol. The number of amides is 1. The van der Waals surface area contributed by atoms with Gasteiger partial charge < -0.3 is 9.73 Å². The number of rotatable bonds is 6. The number of anilines is 1. The number of nitriles is 1. The van der Waals surface area contributed by atoms with E-state index in [9.17, 15) is 14.9 Å². The fourth-order valence-corrected chi connectivity index (χ4v) is 2.94. The molecule has 9 nitrogen and oxygen atoms in total. The second-order valence-corrected chi connectivity index (χ2v) is 6.88. The highest BCUT2D eigenvalue weighted by atomic mass is 32.2. The molecule has 0 aliphatic rings. The Balaban J connectivity index is 1.69. The maximum Gasteiger partial charge on any atom is 0.277 e. The van der Waals surface area contributed by atoms with Crippen molar-refractivity contribution in [2.75, 3.05) is 5.32 Å². The molecule has 3 rings (SSSR count). The third kappa shape index (κ3) is 4.33. The fourth-order valence-electron chi connectivity index (χ4n) is 2.26. The number of nitrogens with zero attached hydrogens (tertiary/aromatic N) is 4. The van der Waals surface area contributed by atoms with E-state index < -0.39 is 10.2 Å². The third-order valence-corrected chi connectivity index (χ3v) is 4.60. The zero-order valence-corrected chi connectivity index (χ0v) is 15.3. The van der Waals surface area contributed by atoms with Gasteiger partial charge in [-0.2, -0.15) is 5.26 Å². The highest BCUT2D eigenvalue weighted by Crippen LogP contribution is 2.28. The molecule has 2 aromatic carbocycles. The summed E-state index contributed by atoms with van der Waals surface area (Å²) in [5.41, 5.74) is 1.10. The van der Waals surface area contributed by atoms with Gasteiger partial charge >= 0.3 is 0 Å². The molecule has 0 saturated heterocycles. The number of hydrogen-bond acceptors (Lipinski definition) is 8. The Kier molecular flexibility index (Phi) is 5.67. The third-order valence-electron chi connectivity index (χ3n) is 3.66. The number of aromatic nitrogens is 2. The van der Waals surface area contributed by atoms with Crippen LogP contribution in [0.25, 0.3) is 11.5 Å². The van der Waals surface area contributed by atoms with Gasteiger partial charge in [-0.05, 0) is 25.1 Å². The second-order valence-electron chi connectivity index (χ2n) is 5.59. The van der Waals surface area contributed by atoms with Crippen LogP contribution in [0.15, 0.2) is 58.2 Å². The van der Waals surface area contributed by atoms with Crippen LogP contribution < -0.4 is 5.32 Å². The number of para-hydroxylation sites is 1. The highest BCUT2D eigenvalue weighted by Gasteiger charge is 2.20. The molecular formula is C18H13N5O4S. The van der Waals surface area contributed by atoms with E-state index in [1.165, 1.54) is 18.2 Å². The first kappa shape index (κ1) is 19.1. The normalized spacial score (nSPS) is 11.4. The molecule has 1 heterocycles. The quantitative estimate of drug-likeness (QED) is 0.380. The topological polar surface area (TPSA) is 135 Å². The molecule has 0 unspecified atom stereocenters. The largest absolute Gasteiger partial charge is 0.411 e. The van der Waals surface area contributed by atoms with Crippen LogP contribution in [0.4, 0.5) is 11.4 Å². The lowest BCUT2D eigenvalue weighted by Crippen LogP contribution is -2.22. The number of carbonyl (C=O) groups is 1. The predicted octanol–water partition coefficient (Wildman–Crippen LogP) is 3.64. The molecule has 0 aliphatic carbocycles. The summed E-state index contributed by atoms with van der Waals surface area (Å²) in [5, 5.41) is 30.0. The van der Waals surface area contributed by atoms with Gasteiger partial charge in [0, 0.05) is 17.7 Å². The lowest BCUT2D eigenvalue weighted by molar-refractivity contribution is -0.384. The number of thioether (sulfide) groups is 1. The van der Waals surface area contributed by atoms with E-state index in [1.54, 1.807) is 37.3 Å². The van der Waals surface area contributed by atoms with Crippen LogP contribution in [0, 0.1) is 21.4 Å². The first-order valence-electron chi connectivity index (χ1n) is 8.03. The Labute approximate surface area is 163 Å². The van der Waals surface area contributed by atoms with E-state index in [1.807, 2.05) is 6.07 Å². The summed E-state index contributed by atoms with van der Waals surface area (Å²) >= 11 is 1.04. The van der Waals surface area contributed by atoms with E-state index in [0.29, 0.717) is 16.8 Å². The van der Waals surface area contributed by atoms with Gasteiger partial charge in [-0.25, -0.2) is 0 Å². The van der Waals surface area contributed by atoms with E-state index >= 15 is 0 Å². The minimum atomic E-state index is -0.579. The Morgan fingerprint density at radius 3 is 2.82 bits per heavy atom. The van der Waals surface area contributed by atoms with Crippen molar-refractivity contribution in [2.45, 2.75) is 17.4 Å². The molecule has 0 radical (unpaired) electrons. The Bertz CT molecular complexity index is 1080. The van der Waals surface area contributed by atoms with E-state index in [0.717, 1.165) is 11.8 Å². The van der Waals surface area contributed by atoms with Gasteiger partial charge in [0.15, 0.2) is 0 Å². The average Bonchev–Trinajstić information content (AvgIpc) is 3.17. The first-order valence-corrected chi connectivity index (χ1v) is 8.91. The van der Waals surface area contributed by atoms with E-state index in [2.05, 4.69) is 15.5 Å². The zero-order valence-electron chi connectivity index (χ0n) is 14.5. The van der Waals surface area contributed by atoms with Crippen LogP contribution >= 0.6 is 11.8 Å². The number of carbonyl (C=O) groups excluding carboxylic acids is 1. The molecule has 0 saturated carbocycles. The maximum atomic E-state index is 12.4. The van der Waals surface area contributed by atoms with Crippen LogP contribution in [-0.2, 0) is 4.79 Å². The number of nitro groups is 1.